The number of aromatic nitrogens is 2. The number of nitrogens with zero attached hydrogens (tertiary/aromatic N) is 1. The molecular formula is C19H24N2O2S. The molecule has 0 spiro atoms. The van der Waals surface area contributed by atoms with Gasteiger partial charge in [0, 0.05) is 23.2 Å². The highest BCUT2D eigenvalue weighted by Crippen LogP contribution is 2.43. The van der Waals surface area contributed by atoms with Crippen molar-refractivity contribution in [3.8, 4) is 0 Å². The molecule has 1 aliphatic rings. The summed E-state index contributed by atoms with van der Waals surface area (Å²) < 4.78 is 1.46. The van der Waals surface area contributed by atoms with Crippen molar-refractivity contribution in [2.24, 2.45) is 0 Å². The fourth-order valence-electron chi connectivity index (χ4n) is 3.64. The van der Waals surface area contributed by atoms with Gasteiger partial charge in [0.1, 0.15) is 5.56 Å². The lowest BCUT2D eigenvalue weighted by atomic mass is 9.85. The van der Waals surface area contributed by atoms with Crippen molar-refractivity contribution in [1.82, 2.24) is 9.78 Å². The normalized spacial score (nSPS) is 16.9. The minimum atomic E-state index is -0.237. The Morgan fingerprint density at radius 3 is 2.71 bits per heavy atom. The van der Waals surface area contributed by atoms with Crippen LogP contribution in [-0.2, 0) is 6.54 Å². The standard InChI is InChI=1S/C19H24N2O2S/c1-5-13-7-8-24-18-11(3)9-14(12(4)16(13)18)17(22)15-10-20-21(6-2)19(15)23/h9-10,13,20H,5-8H2,1-4H3. The van der Waals surface area contributed by atoms with Gasteiger partial charge in [0.05, 0.1) is 0 Å². The first-order chi connectivity index (χ1) is 11.5. The summed E-state index contributed by atoms with van der Waals surface area (Å²) in [7, 11) is 0. The smallest absolute Gasteiger partial charge is 0.277 e. The van der Waals surface area contributed by atoms with Gasteiger partial charge >= 0.3 is 0 Å². The van der Waals surface area contributed by atoms with E-state index in [1.54, 1.807) is 0 Å². The van der Waals surface area contributed by atoms with Crippen LogP contribution in [0.5, 0.6) is 0 Å². The van der Waals surface area contributed by atoms with Crippen LogP contribution in [0.4, 0.5) is 0 Å². The van der Waals surface area contributed by atoms with Gasteiger partial charge in [-0.25, -0.2) is 0 Å². The highest BCUT2D eigenvalue weighted by atomic mass is 32.2. The number of carbonyl (C=O) groups excluding carboxylic acids is 1. The highest BCUT2D eigenvalue weighted by Gasteiger charge is 2.27. The van der Waals surface area contributed by atoms with E-state index in [-0.39, 0.29) is 16.9 Å². The zero-order chi connectivity index (χ0) is 17.4. The van der Waals surface area contributed by atoms with E-state index in [0.717, 1.165) is 29.7 Å². The lowest BCUT2D eigenvalue weighted by Crippen LogP contribution is -2.22. The molecule has 0 radical (unpaired) electrons. The number of ketones is 1. The third kappa shape index (κ3) is 2.65. The van der Waals surface area contributed by atoms with Gasteiger partial charge in [-0.15, -0.1) is 11.8 Å². The van der Waals surface area contributed by atoms with E-state index in [1.807, 2.05) is 31.7 Å². The number of carbonyl (C=O) groups is 1. The average Bonchev–Trinajstić information content (AvgIpc) is 2.97. The number of hydrogen-bond acceptors (Lipinski definition) is 3. The molecule has 1 aromatic heterocycles. The van der Waals surface area contributed by atoms with Crippen molar-refractivity contribution in [3.05, 3.63) is 50.4 Å². The van der Waals surface area contributed by atoms with Crippen LogP contribution in [0.15, 0.2) is 22.0 Å². The summed E-state index contributed by atoms with van der Waals surface area (Å²) in [5.74, 6) is 1.47. The zero-order valence-electron chi connectivity index (χ0n) is 14.7. The van der Waals surface area contributed by atoms with Gasteiger partial charge in [0.25, 0.3) is 5.56 Å². The minimum absolute atomic E-state index is 0.169. The molecular weight excluding hydrogens is 320 g/mol. The van der Waals surface area contributed by atoms with Crippen LogP contribution in [-0.4, -0.2) is 21.3 Å². The van der Waals surface area contributed by atoms with Gasteiger partial charge < -0.3 is 5.10 Å². The molecule has 2 aromatic rings. The van der Waals surface area contributed by atoms with E-state index in [4.69, 9.17) is 0 Å². The topological polar surface area (TPSA) is 54.9 Å². The van der Waals surface area contributed by atoms with Gasteiger partial charge in [-0.2, -0.15) is 0 Å². The summed E-state index contributed by atoms with van der Waals surface area (Å²) >= 11 is 1.89. The van der Waals surface area contributed by atoms with Crippen molar-refractivity contribution in [1.29, 1.82) is 0 Å². The summed E-state index contributed by atoms with van der Waals surface area (Å²) in [4.78, 5) is 26.7. The van der Waals surface area contributed by atoms with Gasteiger partial charge in [-0.1, -0.05) is 6.92 Å². The van der Waals surface area contributed by atoms with Crippen molar-refractivity contribution >= 4 is 17.5 Å². The Hall–Kier alpha value is -1.75. The maximum Gasteiger partial charge on any atom is 0.277 e. The number of nitrogens with one attached hydrogen (secondary N) is 1. The largest absolute Gasteiger partial charge is 0.302 e. The minimum Gasteiger partial charge on any atom is -0.302 e. The molecule has 0 saturated heterocycles. The fourth-order valence-corrected chi connectivity index (χ4v) is 5.01. The molecule has 1 unspecified atom stereocenters. The molecule has 1 N–H and O–H groups in total. The number of rotatable bonds is 4. The predicted octanol–water partition coefficient (Wildman–Crippen LogP) is 4.03. The van der Waals surface area contributed by atoms with Crippen LogP contribution in [0.2, 0.25) is 0 Å². The molecule has 0 fully saturated rings. The molecule has 1 aromatic carbocycles. The lowest BCUT2D eigenvalue weighted by Gasteiger charge is -2.28. The number of H-pyrrole nitrogens is 1. The van der Waals surface area contributed by atoms with Crippen molar-refractivity contribution in [2.45, 2.75) is 57.9 Å². The van der Waals surface area contributed by atoms with Crippen LogP contribution in [0.1, 0.15) is 65.2 Å². The molecule has 4 nitrogen and oxygen atoms in total. The van der Waals surface area contributed by atoms with Gasteiger partial charge in [-0.05, 0) is 68.0 Å². The Kier molecular flexibility index (Phi) is 4.72. The van der Waals surface area contributed by atoms with Gasteiger partial charge in [0.2, 0.25) is 0 Å². The molecule has 24 heavy (non-hydrogen) atoms. The van der Waals surface area contributed by atoms with Gasteiger partial charge in [0.15, 0.2) is 5.78 Å². The Labute approximate surface area is 146 Å². The Morgan fingerprint density at radius 2 is 2.08 bits per heavy atom. The van der Waals surface area contributed by atoms with E-state index >= 15 is 0 Å². The summed E-state index contributed by atoms with van der Waals surface area (Å²) in [6, 6.07) is 1.96. The average molecular weight is 344 g/mol. The number of benzene rings is 1. The molecule has 3 rings (SSSR count). The first kappa shape index (κ1) is 17.1. The maximum atomic E-state index is 13.0. The molecule has 2 heterocycles. The first-order valence-corrected chi connectivity index (χ1v) is 9.57. The highest BCUT2D eigenvalue weighted by molar-refractivity contribution is 7.99. The van der Waals surface area contributed by atoms with Crippen LogP contribution in [0.25, 0.3) is 0 Å². The van der Waals surface area contributed by atoms with Crippen molar-refractivity contribution in [2.75, 3.05) is 5.75 Å². The Morgan fingerprint density at radius 1 is 1.33 bits per heavy atom. The van der Waals surface area contributed by atoms with Gasteiger partial charge in [-0.3, -0.25) is 14.3 Å². The van der Waals surface area contributed by atoms with Crippen LogP contribution < -0.4 is 5.56 Å². The third-order valence-corrected chi connectivity index (χ3v) is 6.30. The Balaban J connectivity index is 2.15. The third-order valence-electron chi connectivity index (χ3n) is 5.03. The molecule has 128 valence electrons. The van der Waals surface area contributed by atoms with E-state index in [1.165, 1.54) is 21.3 Å². The SMILES string of the molecule is CCC1CCSc2c(C)cc(C(=O)c3c[nH]n(CC)c3=O)c(C)c21. The quantitative estimate of drug-likeness (QED) is 0.852. The number of hydrogen-bond donors (Lipinski definition) is 1. The number of thioether (sulfide) groups is 1. The molecule has 1 aliphatic heterocycles. The second-order valence-corrected chi connectivity index (χ2v) is 7.52. The summed E-state index contributed by atoms with van der Waals surface area (Å²) in [6.45, 7) is 8.72. The van der Waals surface area contributed by atoms with Crippen LogP contribution in [0.3, 0.4) is 0 Å². The molecule has 0 aliphatic carbocycles. The molecule has 1 atom stereocenters. The predicted molar refractivity (Wildman–Crippen MR) is 98.4 cm³/mol. The molecule has 0 saturated carbocycles. The summed E-state index contributed by atoms with van der Waals surface area (Å²) in [5, 5.41) is 2.87. The number of aryl methyl sites for hydroxylation is 2. The van der Waals surface area contributed by atoms with Crippen molar-refractivity contribution in [3.63, 3.8) is 0 Å². The zero-order valence-corrected chi connectivity index (χ0v) is 15.5. The summed E-state index contributed by atoms with van der Waals surface area (Å²) in [5.41, 5.74) is 4.18. The van der Waals surface area contributed by atoms with E-state index in [9.17, 15) is 9.59 Å². The molecule has 0 bridgehead atoms. The number of aromatic amines is 1. The molecule has 0 amide bonds. The first-order valence-electron chi connectivity index (χ1n) is 8.59. The van der Waals surface area contributed by atoms with Crippen LogP contribution in [0, 0.1) is 13.8 Å². The maximum absolute atomic E-state index is 13.0. The Bertz CT molecular complexity index is 848. The molecule has 5 heteroatoms. The van der Waals surface area contributed by atoms with E-state index in [0.29, 0.717) is 18.0 Å². The van der Waals surface area contributed by atoms with Crippen molar-refractivity contribution < 1.29 is 4.79 Å². The number of fused-ring (bicyclic) bond motifs is 1. The fraction of sp³-hybridized carbons (Fsp3) is 0.474. The lowest BCUT2D eigenvalue weighted by molar-refractivity contribution is 0.103. The monoisotopic (exact) mass is 344 g/mol. The summed E-state index contributed by atoms with van der Waals surface area (Å²) in [6.07, 6.45) is 3.77. The van der Waals surface area contributed by atoms with E-state index in [2.05, 4.69) is 18.9 Å². The van der Waals surface area contributed by atoms with E-state index < -0.39 is 0 Å². The second-order valence-electron chi connectivity index (χ2n) is 6.42. The second kappa shape index (κ2) is 6.63. The van der Waals surface area contributed by atoms with Crippen LogP contribution >= 0.6 is 11.8 Å².